The lowest BCUT2D eigenvalue weighted by Crippen LogP contribution is -2.25. The molecule has 0 heterocycles. The second kappa shape index (κ2) is 10.6. The van der Waals surface area contributed by atoms with Crippen LogP contribution in [0, 0.1) is 10.1 Å². The van der Waals surface area contributed by atoms with Crippen LogP contribution in [0.3, 0.4) is 0 Å². The Morgan fingerprint density at radius 1 is 1.17 bits per heavy atom. The van der Waals surface area contributed by atoms with Gasteiger partial charge in [-0.05, 0) is 43.7 Å². The zero-order valence-corrected chi connectivity index (χ0v) is 17.4. The fraction of sp³-hybridized carbons (Fsp3) is 0.316. The Hall–Kier alpha value is -3.18. The van der Waals surface area contributed by atoms with Gasteiger partial charge >= 0.3 is 0 Å². The van der Waals surface area contributed by atoms with Crippen molar-refractivity contribution in [3.8, 4) is 5.75 Å². The first kappa shape index (κ1) is 23.1. The Bertz CT molecular complexity index is 992. The van der Waals surface area contributed by atoms with Gasteiger partial charge in [-0.15, -0.1) is 0 Å². The number of nitro groups is 1. The monoisotopic (exact) mass is 437 g/mol. The highest BCUT2D eigenvalue weighted by Gasteiger charge is 2.19. The molecule has 0 aliphatic rings. The molecule has 162 valence electrons. The first-order valence-corrected chi connectivity index (χ1v) is 10.6. The minimum absolute atomic E-state index is 0.0668. The van der Waals surface area contributed by atoms with Gasteiger partial charge in [-0.2, -0.15) is 0 Å². The number of nitrogens with one attached hydrogen (secondary N) is 2. The summed E-state index contributed by atoms with van der Waals surface area (Å²) in [6, 6.07) is 8.91. The molecule has 0 spiro atoms. The SMILES string of the molecule is CCOCCCNC(=O)c1ccc(S(=O)(=O)Nc2cc([N+](=O)[O-])ccc2OC)cc1. The quantitative estimate of drug-likeness (QED) is 0.313. The summed E-state index contributed by atoms with van der Waals surface area (Å²) in [5.74, 6) is -0.198. The summed E-state index contributed by atoms with van der Waals surface area (Å²) < 4.78 is 37.8. The standard InChI is InChI=1S/C19H23N3O7S/c1-3-29-12-4-11-20-19(23)14-5-8-16(9-6-14)30(26,27)21-17-13-15(22(24)25)7-10-18(17)28-2/h5-10,13,21H,3-4,11-12H2,1-2H3,(H,20,23). The number of hydrogen-bond donors (Lipinski definition) is 2. The minimum Gasteiger partial charge on any atom is -0.495 e. The number of nitro benzene ring substituents is 1. The summed E-state index contributed by atoms with van der Waals surface area (Å²) in [5.41, 5.74) is -0.0500. The topological polar surface area (TPSA) is 137 Å². The second-order valence-corrected chi connectivity index (χ2v) is 7.76. The summed E-state index contributed by atoms with van der Waals surface area (Å²) >= 11 is 0. The smallest absolute Gasteiger partial charge is 0.271 e. The van der Waals surface area contributed by atoms with E-state index in [0.29, 0.717) is 31.7 Å². The van der Waals surface area contributed by atoms with Crippen LogP contribution in [-0.4, -0.2) is 46.1 Å². The van der Waals surface area contributed by atoms with Crippen LogP contribution < -0.4 is 14.8 Å². The van der Waals surface area contributed by atoms with Crippen LogP contribution in [0.5, 0.6) is 5.75 Å². The van der Waals surface area contributed by atoms with Gasteiger partial charge in [0.1, 0.15) is 5.75 Å². The molecule has 1 amide bonds. The molecule has 0 bridgehead atoms. The Kier molecular flexibility index (Phi) is 8.13. The largest absolute Gasteiger partial charge is 0.495 e. The van der Waals surface area contributed by atoms with Crippen molar-refractivity contribution in [2.75, 3.05) is 31.6 Å². The minimum atomic E-state index is -4.06. The molecule has 0 aliphatic carbocycles. The molecular formula is C19H23N3O7S. The number of non-ortho nitro benzene ring substituents is 1. The Morgan fingerprint density at radius 3 is 2.47 bits per heavy atom. The third-order valence-corrected chi connectivity index (χ3v) is 5.40. The predicted molar refractivity (Wildman–Crippen MR) is 110 cm³/mol. The maximum absolute atomic E-state index is 12.7. The van der Waals surface area contributed by atoms with Crippen molar-refractivity contribution in [3.05, 3.63) is 58.1 Å². The van der Waals surface area contributed by atoms with E-state index in [2.05, 4.69) is 10.0 Å². The van der Waals surface area contributed by atoms with Crippen LogP contribution in [0.4, 0.5) is 11.4 Å². The van der Waals surface area contributed by atoms with Gasteiger partial charge in [-0.25, -0.2) is 8.42 Å². The number of anilines is 1. The average molecular weight is 437 g/mol. The van der Waals surface area contributed by atoms with Crippen molar-refractivity contribution >= 4 is 27.3 Å². The van der Waals surface area contributed by atoms with Gasteiger partial charge in [-0.1, -0.05) is 0 Å². The molecule has 0 aliphatic heterocycles. The first-order valence-electron chi connectivity index (χ1n) is 9.09. The normalized spacial score (nSPS) is 11.0. The van der Waals surface area contributed by atoms with E-state index < -0.39 is 14.9 Å². The van der Waals surface area contributed by atoms with Gasteiger partial charge in [0.05, 0.1) is 22.6 Å². The molecule has 0 saturated carbocycles. The Morgan fingerprint density at radius 2 is 1.87 bits per heavy atom. The molecular weight excluding hydrogens is 414 g/mol. The average Bonchev–Trinajstić information content (AvgIpc) is 2.73. The molecule has 0 saturated heterocycles. The lowest BCUT2D eigenvalue weighted by Gasteiger charge is -2.12. The maximum Gasteiger partial charge on any atom is 0.271 e. The summed E-state index contributed by atoms with van der Waals surface area (Å²) in [6.07, 6.45) is 0.668. The van der Waals surface area contributed by atoms with Crippen LogP contribution in [0.15, 0.2) is 47.4 Å². The molecule has 0 fully saturated rings. The van der Waals surface area contributed by atoms with Crippen LogP contribution in [0.25, 0.3) is 0 Å². The zero-order chi connectivity index (χ0) is 22.1. The van der Waals surface area contributed by atoms with Gasteiger partial charge in [0.15, 0.2) is 0 Å². The van der Waals surface area contributed by atoms with Crippen molar-refractivity contribution in [1.29, 1.82) is 0 Å². The molecule has 30 heavy (non-hydrogen) atoms. The van der Waals surface area contributed by atoms with E-state index in [1.807, 2.05) is 6.92 Å². The lowest BCUT2D eigenvalue weighted by atomic mass is 10.2. The number of hydrogen-bond acceptors (Lipinski definition) is 7. The van der Waals surface area contributed by atoms with Crippen molar-refractivity contribution in [3.63, 3.8) is 0 Å². The number of carbonyl (C=O) groups is 1. The number of ether oxygens (including phenoxy) is 2. The molecule has 2 aromatic rings. The molecule has 0 aromatic heterocycles. The predicted octanol–water partition coefficient (Wildman–Crippen LogP) is 2.56. The number of sulfonamides is 1. The van der Waals surface area contributed by atoms with Gasteiger partial charge in [0.2, 0.25) is 0 Å². The van der Waals surface area contributed by atoms with E-state index in [0.717, 1.165) is 6.07 Å². The Balaban J connectivity index is 2.11. The second-order valence-electron chi connectivity index (χ2n) is 6.08. The van der Waals surface area contributed by atoms with E-state index in [1.165, 1.54) is 43.5 Å². The highest BCUT2D eigenvalue weighted by molar-refractivity contribution is 7.92. The van der Waals surface area contributed by atoms with E-state index in [9.17, 15) is 23.3 Å². The van der Waals surface area contributed by atoms with Gasteiger partial charge in [0.25, 0.3) is 21.6 Å². The third kappa shape index (κ3) is 6.16. The Labute approximate surface area is 174 Å². The summed E-state index contributed by atoms with van der Waals surface area (Å²) in [7, 11) is -2.74. The molecule has 11 heteroatoms. The number of carbonyl (C=O) groups excluding carboxylic acids is 1. The van der Waals surface area contributed by atoms with Crippen molar-refractivity contribution in [2.45, 2.75) is 18.2 Å². The molecule has 10 nitrogen and oxygen atoms in total. The number of nitrogens with zero attached hydrogens (tertiary/aromatic N) is 1. The molecule has 0 atom stereocenters. The van der Waals surface area contributed by atoms with Crippen molar-refractivity contribution in [2.24, 2.45) is 0 Å². The fourth-order valence-electron chi connectivity index (χ4n) is 2.50. The van der Waals surface area contributed by atoms with Crippen molar-refractivity contribution in [1.82, 2.24) is 5.32 Å². The highest BCUT2D eigenvalue weighted by Crippen LogP contribution is 2.30. The van der Waals surface area contributed by atoms with Gasteiger partial charge < -0.3 is 14.8 Å². The molecule has 2 N–H and O–H groups in total. The number of benzene rings is 2. The lowest BCUT2D eigenvalue weighted by molar-refractivity contribution is -0.384. The van der Waals surface area contributed by atoms with E-state index >= 15 is 0 Å². The fourth-order valence-corrected chi connectivity index (χ4v) is 3.56. The summed E-state index contributed by atoms with van der Waals surface area (Å²) in [6.45, 7) is 3.48. The van der Waals surface area contributed by atoms with Crippen molar-refractivity contribution < 1.29 is 27.6 Å². The summed E-state index contributed by atoms with van der Waals surface area (Å²) in [4.78, 5) is 22.3. The zero-order valence-electron chi connectivity index (χ0n) is 16.6. The molecule has 2 aromatic carbocycles. The van der Waals surface area contributed by atoms with Crippen LogP contribution in [-0.2, 0) is 14.8 Å². The highest BCUT2D eigenvalue weighted by atomic mass is 32.2. The first-order chi connectivity index (χ1) is 14.3. The summed E-state index contributed by atoms with van der Waals surface area (Å²) in [5, 5.41) is 13.7. The van der Waals surface area contributed by atoms with Crippen LogP contribution in [0.2, 0.25) is 0 Å². The third-order valence-electron chi connectivity index (χ3n) is 4.02. The van der Waals surface area contributed by atoms with E-state index in [4.69, 9.17) is 9.47 Å². The maximum atomic E-state index is 12.7. The molecule has 2 rings (SSSR count). The molecule has 0 unspecified atom stereocenters. The van der Waals surface area contributed by atoms with E-state index in [-0.39, 0.29) is 27.9 Å². The van der Waals surface area contributed by atoms with Crippen LogP contribution >= 0.6 is 0 Å². The molecule has 0 radical (unpaired) electrons. The van der Waals surface area contributed by atoms with Crippen LogP contribution in [0.1, 0.15) is 23.7 Å². The van der Waals surface area contributed by atoms with E-state index in [1.54, 1.807) is 0 Å². The number of methoxy groups -OCH3 is 1. The van der Waals surface area contributed by atoms with Gasteiger partial charge in [0, 0.05) is 37.5 Å². The number of amides is 1. The number of rotatable bonds is 11. The van der Waals surface area contributed by atoms with Gasteiger partial charge in [-0.3, -0.25) is 19.6 Å².